The van der Waals surface area contributed by atoms with Crippen molar-refractivity contribution in [2.24, 2.45) is 0 Å². The van der Waals surface area contributed by atoms with E-state index in [1.165, 1.54) is 11.2 Å². The normalized spacial score (nSPS) is 17.4. The monoisotopic (exact) mass is 365 g/mol. The van der Waals surface area contributed by atoms with Crippen LogP contribution in [0.1, 0.15) is 13.8 Å². The van der Waals surface area contributed by atoms with Crippen molar-refractivity contribution in [1.29, 1.82) is 0 Å². The first kappa shape index (κ1) is 17.5. The summed E-state index contributed by atoms with van der Waals surface area (Å²) in [5.74, 6) is 3.10. The van der Waals surface area contributed by atoms with Crippen molar-refractivity contribution in [2.45, 2.75) is 19.9 Å². The summed E-state index contributed by atoms with van der Waals surface area (Å²) in [7, 11) is 1.70. The Morgan fingerprint density at radius 2 is 2.15 bits per heavy atom. The molecule has 27 heavy (non-hydrogen) atoms. The second kappa shape index (κ2) is 7.39. The number of methoxy groups -OCH3 is 1. The topological polar surface area (TPSA) is 56.4 Å². The highest BCUT2D eigenvalue weighted by molar-refractivity contribution is 5.85. The molecule has 1 saturated heterocycles. The lowest BCUT2D eigenvalue weighted by molar-refractivity contribution is 0.415. The predicted molar refractivity (Wildman–Crippen MR) is 112 cm³/mol. The zero-order chi connectivity index (χ0) is 18.8. The number of hydrogen-bond acceptors (Lipinski definition) is 5. The van der Waals surface area contributed by atoms with Crippen molar-refractivity contribution in [3.8, 4) is 5.75 Å². The lowest BCUT2D eigenvalue weighted by Crippen LogP contribution is -2.52. The fourth-order valence-corrected chi connectivity index (χ4v) is 3.86. The summed E-state index contributed by atoms with van der Waals surface area (Å²) in [5.41, 5.74) is 2.25. The van der Waals surface area contributed by atoms with E-state index in [2.05, 4.69) is 63.2 Å². The summed E-state index contributed by atoms with van der Waals surface area (Å²) in [4.78, 5) is 13.0. The molecule has 0 amide bonds. The van der Waals surface area contributed by atoms with Crippen molar-refractivity contribution in [1.82, 2.24) is 9.97 Å². The molecular weight excluding hydrogens is 338 g/mol. The molecule has 6 nitrogen and oxygen atoms in total. The fourth-order valence-electron chi connectivity index (χ4n) is 3.86. The van der Waals surface area contributed by atoms with E-state index < -0.39 is 0 Å². The number of hydrogen-bond donors (Lipinski definition) is 2. The Balaban J connectivity index is 1.54. The number of ether oxygens (including phenoxy) is 1. The number of nitrogens with zero attached hydrogens (tertiary/aromatic N) is 3. The van der Waals surface area contributed by atoms with Crippen LogP contribution in [0.3, 0.4) is 0 Å². The Morgan fingerprint density at radius 1 is 1.26 bits per heavy atom. The molecule has 0 spiro atoms. The van der Waals surface area contributed by atoms with Crippen LogP contribution in [-0.2, 0) is 0 Å². The van der Waals surface area contributed by atoms with Crippen LogP contribution in [-0.4, -0.2) is 49.3 Å². The first-order valence-electron chi connectivity index (χ1n) is 9.57. The molecule has 2 aromatic heterocycles. The first-order chi connectivity index (χ1) is 13.2. The molecule has 2 N–H and O–H groups in total. The van der Waals surface area contributed by atoms with Crippen molar-refractivity contribution in [2.75, 3.05) is 48.4 Å². The Labute approximate surface area is 160 Å². The predicted octanol–water partition coefficient (Wildman–Crippen LogP) is 3.72. The van der Waals surface area contributed by atoms with Gasteiger partial charge >= 0.3 is 0 Å². The first-order valence-corrected chi connectivity index (χ1v) is 9.57. The van der Waals surface area contributed by atoms with Gasteiger partial charge in [0.25, 0.3) is 0 Å². The van der Waals surface area contributed by atoms with Crippen LogP contribution < -0.4 is 19.9 Å². The molecule has 0 radical (unpaired) electrons. The molecule has 1 aliphatic rings. The summed E-state index contributed by atoms with van der Waals surface area (Å²) in [6.45, 7) is 8.11. The van der Waals surface area contributed by atoms with Gasteiger partial charge in [0.15, 0.2) is 5.82 Å². The van der Waals surface area contributed by atoms with Gasteiger partial charge < -0.3 is 24.8 Å². The van der Waals surface area contributed by atoms with Gasteiger partial charge in [-0.2, -0.15) is 0 Å². The number of anilines is 3. The van der Waals surface area contributed by atoms with E-state index in [1.54, 1.807) is 7.11 Å². The summed E-state index contributed by atoms with van der Waals surface area (Å²) in [6, 6.07) is 12.8. The number of rotatable bonds is 5. The molecule has 0 bridgehead atoms. The second-order valence-electron chi connectivity index (χ2n) is 7.00. The SMILES string of the molecule is CCNc1cccnc1N1CCN(c2cc3cc(OC)ccc3[nH]2)C(C)C1. The maximum absolute atomic E-state index is 5.35. The smallest absolute Gasteiger partial charge is 0.152 e. The van der Waals surface area contributed by atoms with Gasteiger partial charge in [0, 0.05) is 49.3 Å². The van der Waals surface area contributed by atoms with E-state index >= 15 is 0 Å². The minimum absolute atomic E-state index is 0.380. The highest BCUT2D eigenvalue weighted by Gasteiger charge is 2.27. The molecule has 3 heterocycles. The minimum Gasteiger partial charge on any atom is -0.497 e. The van der Waals surface area contributed by atoms with E-state index in [0.29, 0.717) is 6.04 Å². The number of fused-ring (bicyclic) bond motifs is 1. The molecule has 4 rings (SSSR count). The van der Waals surface area contributed by atoms with Gasteiger partial charge in [0.1, 0.15) is 11.6 Å². The summed E-state index contributed by atoms with van der Waals surface area (Å²) in [6.07, 6.45) is 1.87. The maximum Gasteiger partial charge on any atom is 0.152 e. The van der Waals surface area contributed by atoms with Crippen LogP contribution in [0.15, 0.2) is 42.6 Å². The summed E-state index contributed by atoms with van der Waals surface area (Å²) >= 11 is 0. The van der Waals surface area contributed by atoms with Gasteiger partial charge in [0.2, 0.25) is 0 Å². The van der Waals surface area contributed by atoms with Gasteiger partial charge in [-0.15, -0.1) is 0 Å². The number of H-pyrrole nitrogens is 1. The Kier molecular flexibility index (Phi) is 4.79. The van der Waals surface area contributed by atoms with E-state index in [0.717, 1.165) is 49.0 Å². The summed E-state index contributed by atoms with van der Waals surface area (Å²) in [5, 5.41) is 4.60. The number of pyridine rings is 1. The number of piperazine rings is 1. The minimum atomic E-state index is 0.380. The molecule has 0 aliphatic carbocycles. The van der Waals surface area contributed by atoms with Crippen molar-refractivity contribution in [3.05, 3.63) is 42.6 Å². The average molecular weight is 365 g/mol. The highest BCUT2D eigenvalue weighted by Crippen LogP contribution is 2.30. The Hall–Kier alpha value is -2.89. The average Bonchev–Trinajstić information content (AvgIpc) is 3.11. The van der Waals surface area contributed by atoms with Crippen molar-refractivity contribution >= 4 is 28.2 Å². The van der Waals surface area contributed by atoms with Gasteiger partial charge in [-0.3, -0.25) is 0 Å². The summed E-state index contributed by atoms with van der Waals surface area (Å²) < 4.78 is 5.35. The van der Waals surface area contributed by atoms with Crippen LogP contribution in [0.4, 0.5) is 17.3 Å². The van der Waals surface area contributed by atoms with Crippen molar-refractivity contribution in [3.63, 3.8) is 0 Å². The Morgan fingerprint density at radius 3 is 2.93 bits per heavy atom. The largest absolute Gasteiger partial charge is 0.497 e. The number of benzene rings is 1. The van der Waals surface area contributed by atoms with E-state index in [9.17, 15) is 0 Å². The lowest BCUT2D eigenvalue weighted by Gasteiger charge is -2.41. The fraction of sp³-hybridized carbons (Fsp3) is 0.381. The number of aromatic amines is 1. The number of aromatic nitrogens is 2. The zero-order valence-electron chi connectivity index (χ0n) is 16.2. The third-order valence-electron chi connectivity index (χ3n) is 5.20. The highest BCUT2D eigenvalue weighted by atomic mass is 16.5. The van der Waals surface area contributed by atoms with Crippen LogP contribution in [0, 0.1) is 0 Å². The molecular formula is C21H27N5O. The molecule has 1 aliphatic heterocycles. The standard InChI is InChI=1S/C21H27N5O/c1-4-22-19-6-5-9-23-21(19)25-10-11-26(15(2)14-25)20-13-16-12-17(27-3)7-8-18(16)24-20/h5-9,12-13,15,22,24H,4,10-11,14H2,1-3H3. The lowest BCUT2D eigenvalue weighted by atomic mass is 10.1. The molecule has 142 valence electrons. The maximum atomic E-state index is 5.35. The molecule has 0 saturated carbocycles. The molecule has 1 fully saturated rings. The molecule has 3 aromatic rings. The van der Waals surface area contributed by atoms with Gasteiger partial charge in [-0.25, -0.2) is 4.98 Å². The van der Waals surface area contributed by atoms with Crippen LogP contribution in [0.25, 0.3) is 10.9 Å². The van der Waals surface area contributed by atoms with E-state index in [1.807, 2.05) is 18.3 Å². The van der Waals surface area contributed by atoms with Crippen molar-refractivity contribution < 1.29 is 4.74 Å². The van der Waals surface area contributed by atoms with Gasteiger partial charge in [0.05, 0.1) is 12.8 Å². The van der Waals surface area contributed by atoms with Crippen LogP contribution in [0.2, 0.25) is 0 Å². The molecule has 1 aromatic carbocycles. The van der Waals surface area contributed by atoms with E-state index in [4.69, 9.17) is 4.74 Å². The van der Waals surface area contributed by atoms with Crippen LogP contribution in [0.5, 0.6) is 5.75 Å². The zero-order valence-corrected chi connectivity index (χ0v) is 16.2. The third kappa shape index (κ3) is 3.39. The van der Waals surface area contributed by atoms with Gasteiger partial charge in [-0.1, -0.05) is 0 Å². The van der Waals surface area contributed by atoms with Gasteiger partial charge in [-0.05, 0) is 50.2 Å². The van der Waals surface area contributed by atoms with Crippen LogP contribution >= 0.6 is 0 Å². The number of nitrogens with one attached hydrogen (secondary N) is 2. The quantitative estimate of drug-likeness (QED) is 0.722. The third-order valence-corrected chi connectivity index (χ3v) is 5.20. The molecule has 1 unspecified atom stereocenters. The molecule has 6 heteroatoms. The Bertz CT molecular complexity index is 922. The van der Waals surface area contributed by atoms with E-state index in [-0.39, 0.29) is 0 Å². The second-order valence-corrected chi connectivity index (χ2v) is 7.00. The molecule has 1 atom stereocenters.